The predicted octanol–water partition coefficient (Wildman–Crippen LogP) is 3.61. The first-order valence-corrected chi connectivity index (χ1v) is 13.6. The maximum atomic E-state index is 13.1. The molecule has 208 valence electrons. The molecule has 0 spiro atoms. The van der Waals surface area contributed by atoms with Crippen LogP contribution in [0, 0.1) is 6.92 Å². The number of para-hydroxylation sites is 1. The molecule has 0 atom stereocenters. The van der Waals surface area contributed by atoms with Crippen LogP contribution in [0.5, 0.6) is 5.75 Å². The zero-order chi connectivity index (χ0) is 28.1. The quantitative estimate of drug-likeness (QED) is 0.239. The number of carbonyl (C=O) groups excluding carboxylic acids is 2. The van der Waals surface area contributed by atoms with Crippen LogP contribution in [0.1, 0.15) is 46.8 Å². The van der Waals surface area contributed by atoms with Crippen molar-refractivity contribution < 1.29 is 19.1 Å². The van der Waals surface area contributed by atoms with Gasteiger partial charge < -0.3 is 25.1 Å². The van der Waals surface area contributed by atoms with Crippen LogP contribution in [0.4, 0.5) is 0 Å². The number of rotatable bonds is 9. The summed E-state index contributed by atoms with van der Waals surface area (Å²) in [6.07, 6.45) is 1.15. The summed E-state index contributed by atoms with van der Waals surface area (Å²) in [5, 5.41) is 17.3. The lowest BCUT2D eigenvalue weighted by Crippen LogP contribution is -2.46. The largest absolute Gasteiger partial charge is 0.502 e. The number of benzene rings is 2. The number of aryl methyl sites for hydroxylation is 1. The third-order valence-electron chi connectivity index (χ3n) is 7.60. The maximum absolute atomic E-state index is 13.1. The van der Waals surface area contributed by atoms with Gasteiger partial charge in [-0.3, -0.25) is 19.3 Å². The van der Waals surface area contributed by atoms with Crippen LogP contribution >= 0.6 is 0 Å². The minimum Gasteiger partial charge on any atom is -0.502 e. The highest BCUT2D eigenvalue weighted by Crippen LogP contribution is 2.42. The SMILES string of the molecule is Cc1cc(=O)c(O)c(C2(CC(=O)NCCNC(=O)c3cc4ccccc4[nH]3)CCN(Cc3ccccc3)CC2)o1. The molecule has 5 rings (SSSR count). The molecule has 9 heteroatoms. The molecule has 2 aromatic heterocycles. The number of aromatic nitrogens is 1. The number of hydrogen-bond donors (Lipinski definition) is 4. The smallest absolute Gasteiger partial charge is 0.267 e. The van der Waals surface area contributed by atoms with Crippen molar-refractivity contribution in [3.8, 4) is 5.75 Å². The number of likely N-dealkylation sites (tertiary alicyclic amines) is 1. The van der Waals surface area contributed by atoms with E-state index >= 15 is 0 Å². The Hall–Kier alpha value is -4.37. The van der Waals surface area contributed by atoms with E-state index in [2.05, 4.69) is 32.7 Å². The van der Waals surface area contributed by atoms with Crippen LogP contribution in [0.15, 0.2) is 75.9 Å². The summed E-state index contributed by atoms with van der Waals surface area (Å²) in [6.45, 7) is 4.30. The van der Waals surface area contributed by atoms with Crippen molar-refractivity contribution in [1.29, 1.82) is 0 Å². The molecule has 1 saturated heterocycles. The van der Waals surface area contributed by atoms with Gasteiger partial charge in [0.25, 0.3) is 5.91 Å². The highest BCUT2D eigenvalue weighted by atomic mass is 16.4. The second kappa shape index (κ2) is 11.8. The zero-order valence-electron chi connectivity index (χ0n) is 22.5. The maximum Gasteiger partial charge on any atom is 0.267 e. The number of amides is 2. The van der Waals surface area contributed by atoms with Crippen molar-refractivity contribution in [3.63, 3.8) is 0 Å². The summed E-state index contributed by atoms with van der Waals surface area (Å²) in [7, 11) is 0. The third-order valence-corrected chi connectivity index (χ3v) is 7.60. The summed E-state index contributed by atoms with van der Waals surface area (Å²) in [5.41, 5.74) is 1.21. The molecule has 2 amide bonds. The molecule has 40 heavy (non-hydrogen) atoms. The predicted molar refractivity (Wildman–Crippen MR) is 152 cm³/mol. The van der Waals surface area contributed by atoms with Crippen molar-refractivity contribution in [2.45, 2.75) is 38.1 Å². The summed E-state index contributed by atoms with van der Waals surface area (Å²) < 4.78 is 5.91. The highest BCUT2D eigenvalue weighted by molar-refractivity contribution is 5.98. The lowest BCUT2D eigenvalue weighted by atomic mass is 9.72. The summed E-state index contributed by atoms with van der Waals surface area (Å²) in [4.78, 5) is 43.5. The van der Waals surface area contributed by atoms with Crippen LogP contribution < -0.4 is 16.1 Å². The molecule has 3 heterocycles. The molecule has 9 nitrogen and oxygen atoms in total. The van der Waals surface area contributed by atoms with Crippen molar-refractivity contribution in [3.05, 3.63) is 99.7 Å². The van der Waals surface area contributed by atoms with Gasteiger partial charge in [0.2, 0.25) is 17.1 Å². The average Bonchev–Trinajstić information content (AvgIpc) is 3.39. The van der Waals surface area contributed by atoms with Crippen LogP contribution in [0.2, 0.25) is 0 Å². The van der Waals surface area contributed by atoms with Crippen molar-refractivity contribution in [1.82, 2.24) is 20.5 Å². The first-order valence-electron chi connectivity index (χ1n) is 13.6. The molecule has 4 aromatic rings. The van der Waals surface area contributed by atoms with E-state index in [0.717, 1.165) is 17.4 Å². The number of hydrogen-bond acceptors (Lipinski definition) is 6. The number of H-pyrrole nitrogens is 1. The third kappa shape index (κ3) is 6.10. The van der Waals surface area contributed by atoms with E-state index in [-0.39, 0.29) is 37.1 Å². The van der Waals surface area contributed by atoms with Gasteiger partial charge in [0.05, 0.1) is 0 Å². The summed E-state index contributed by atoms with van der Waals surface area (Å²) in [5.74, 6) is -0.345. The topological polar surface area (TPSA) is 128 Å². The van der Waals surface area contributed by atoms with Crippen molar-refractivity contribution >= 4 is 22.7 Å². The number of fused-ring (bicyclic) bond motifs is 1. The van der Waals surface area contributed by atoms with Gasteiger partial charge in [-0.25, -0.2) is 0 Å². The second-order valence-electron chi connectivity index (χ2n) is 10.5. The van der Waals surface area contributed by atoms with E-state index in [1.165, 1.54) is 11.6 Å². The Morgan fingerprint density at radius 1 is 1.00 bits per heavy atom. The van der Waals surface area contributed by atoms with Crippen LogP contribution in [0.3, 0.4) is 0 Å². The van der Waals surface area contributed by atoms with E-state index in [0.29, 0.717) is 37.4 Å². The van der Waals surface area contributed by atoms with E-state index in [1.54, 1.807) is 13.0 Å². The molecule has 0 radical (unpaired) electrons. The molecule has 1 aliphatic rings. The Bertz CT molecular complexity index is 1520. The fourth-order valence-electron chi connectivity index (χ4n) is 5.47. The standard InChI is InChI=1S/C31H34N4O5/c1-21-17-26(36)28(38)29(40-21)31(11-15-35(16-12-31)20-22-7-3-2-4-8-22)19-27(37)32-13-14-33-30(39)25-18-23-9-5-6-10-24(23)34-25/h2-10,17-18,34,38H,11-16,19-20H2,1H3,(H,32,37)(H,33,39). The average molecular weight is 543 g/mol. The Morgan fingerprint density at radius 2 is 1.70 bits per heavy atom. The molecule has 1 aliphatic heterocycles. The normalized spacial score (nSPS) is 15.1. The van der Waals surface area contributed by atoms with E-state index in [9.17, 15) is 19.5 Å². The molecule has 2 aromatic carbocycles. The van der Waals surface area contributed by atoms with Crippen molar-refractivity contribution in [2.75, 3.05) is 26.2 Å². The zero-order valence-corrected chi connectivity index (χ0v) is 22.5. The number of aromatic amines is 1. The molecular formula is C31H34N4O5. The lowest BCUT2D eigenvalue weighted by molar-refractivity contribution is -0.123. The van der Waals surface area contributed by atoms with E-state index in [4.69, 9.17) is 4.42 Å². The Balaban J connectivity index is 1.22. The number of piperidine rings is 1. The first-order chi connectivity index (χ1) is 19.3. The number of aromatic hydroxyl groups is 1. The molecule has 4 N–H and O–H groups in total. The van der Waals surface area contributed by atoms with E-state index in [1.807, 2.05) is 42.5 Å². The second-order valence-corrected chi connectivity index (χ2v) is 10.5. The van der Waals surface area contributed by atoms with Crippen LogP contribution in [-0.2, 0) is 16.8 Å². The molecule has 0 aliphatic carbocycles. The van der Waals surface area contributed by atoms with Gasteiger partial charge in [0.1, 0.15) is 11.5 Å². The van der Waals surface area contributed by atoms with Gasteiger partial charge in [-0.1, -0.05) is 48.5 Å². The van der Waals surface area contributed by atoms with Gasteiger partial charge in [-0.2, -0.15) is 0 Å². The fraction of sp³-hybridized carbons (Fsp3) is 0.323. The van der Waals surface area contributed by atoms with Gasteiger partial charge >= 0.3 is 0 Å². The minimum atomic E-state index is -0.819. The van der Waals surface area contributed by atoms with Crippen molar-refractivity contribution in [2.24, 2.45) is 0 Å². The van der Waals surface area contributed by atoms with Crippen LogP contribution in [-0.4, -0.2) is 53.0 Å². The molecule has 1 fully saturated rings. The van der Waals surface area contributed by atoms with E-state index < -0.39 is 16.6 Å². The number of nitrogens with one attached hydrogen (secondary N) is 3. The monoisotopic (exact) mass is 542 g/mol. The van der Waals surface area contributed by atoms with Gasteiger partial charge in [0.15, 0.2) is 5.76 Å². The summed E-state index contributed by atoms with van der Waals surface area (Å²) in [6, 6.07) is 20.9. The molecule has 0 unspecified atom stereocenters. The highest BCUT2D eigenvalue weighted by Gasteiger charge is 2.43. The van der Waals surface area contributed by atoms with Gasteiger partial charge in [0, 0.05) is 48.4 Å². The Kier molecular flexibility index (Phi) is 8.02. The first kappa shape index (κ1) is 27.2. The number of nitrogens with zero attached hydrogens (tertiary/aromatic N) is 1. The number of carbonyl (C=O) groups is 2. The molecule has 0 saturated carbocycles. The van der Waals surface area contributed by atoms with Crippen LogP contribution in [0.25, 0.3) is 10.9 Å². The molecular weight excluding hydrogens is 508 g/mol. The Labute approximate surface area is 232 Å². The summed E-state index contributed by atoms with van der Waals surface area (Å²) >= 11 is 0. The fourth-order valence-corrected chi connectivity index (χ4v) is 5.47. The minimum absolute atomic E-state index is 0.0576. The lowest BCUT2D eigenvalue weighted by Gasteiger charge is -2.41. The van der Waals surface area contributed by atoms with Gasteiger partial charge in [-0.15, -0.1) is 0 Å². The Morgan fingerprint density at radius 3 is 2.45 bits per heavy atom. The molecule has 0 bridgehead atoms. The van der Waals surface area contributed by atoms with Gasteiger partial charge in [-0.05, 0) is 50.6 Å².